The van der Waals surface area contributed by atoms with Crippen LogP contribution in [0.15, 0.2) is 48.5 Å². The molecule has 0 unspecified atom stereocenters. The minimum Gasteiger partial charge on any atom is -0.493 e. The first-order valence-corrected chi connectivity index (χ1v) is 10.9. The maximum Gasteiger partial charge on any atom is 0.348 e. The summed E-state index contributed by atoms with van der Waals surface area (Å²) < 4.78 is 17.4. The zero-order valence-corrected chi connectivity index (χ0v) is 18.3. The fraction of sp³-hybridized carbons (Fsp3) is 0.292. The summed E-state index contributed by atoms with van der Waals surface area (Å²) in [5, 5.41) is 0. The molecule has 4 rings (SSSR count). The van der Waals surface area contributed by atoms with E-state index in [1.54, 1.807) is 0 Å². The number of benzene rings is 2. The summed E-state index contributed by atoms with van der Waals surface area (Å²) in [6.07, 6.45) is 0.950. The zero-order chi connectivity index (χ0) is 21.1. The summed E-state index contributed by atoms with van der Waals surface area (Å²) in [6.45, 7) is 3.79. The smallest absolute Gasteiger partial charge is 0.348 e. The Labute approximate surface area is 180 Å². The lowest BCUT2D eigenvalue weighted by atomic mass is 10.0. The van der Waals surface area contributed by atoms with E-state index in [0.29, 0.717) is 18.1 Å². The van der Waals surface area contributed by atoms with Crippen LogP contribution in [0.3, 0.4) is 0 Å². The average Bonchev–Trinajstić information content (AvgIpc) is 3.12. The molecule has 6 heteroatoms. The molecule has 3 aromatic rings. The van der Waals surface area contributed by atoms with Gasteiger partial charge in [-0.2, -0.15) is 0 Å². The molecule has 0 saturated carbocycles. The van der Waals surface area contributed by atoms with Crippen LogP contribution in [0, 0.1) is 0 Å². The number of para-hydroxylation sites is 1. The predicted octanol–water partition coefficient (Wildman–Crippen LogP) is 5.70. The fourth-order valence-corrected chi connectivity index (χ4v) is 4.52. The monoisotopic (exact) mass is 423 g/mol. The molecule has 0 bridgehead atoms. The molecule has 0 atom stereocenters. The van der Waals surface area contributed by atoms with Crippen LogP contribution in [0.5, 0.6) is 17.2 Å². The third-order valence-corrected chi connectivity index (χ3v) is 5.97. The molecule has 2 aromatic carbocycles. The van der Waals surface area contributed by atoms with E-state index in [1.807, 2.05) is 55.5 Å². The van der Waals surface area contributed by atoms with Crippen molar-refractivity contribution in [3.05, 3.63) is 53.4 Å². The van der Waals surface area contributed by atoms with E-state index >= 15 is 0 Å². The maximum absolute atomic E-state index is 12.4. The van der Waals surface area contributed by atoms with Crippen LogP contribution in [0.1, 0.15) is 23.0 Å². The zero-order valence-electron chi connectivity index (χ0n) is 17.4. The Hall–Kier alpha value is -2.83. The molecule has 0 amide bonds. The van der Waals surface area contributed by atoms with Gasteiger partial charge in [0.2, 0.25) is 0 Å². The lowest BCUT2D eigenvalue weighted by molar-refractivity contribution is 0.0532. The van der Waals surface area contributed by atoms with Crippen LogP contribution in [0.2, 0.25) is 0 Å². The minimum absolute atomic E-state index is 0.295. The van der Waals surface area contributed by atoms with Crippen LogP contribution in [0.25, 0.3) is 21.6 Å². The van der Waals surface area contributed by atoms with E-state index in [2.05, 4.69) is 19.0 Å². The number of hydrogen-bond donors (Lipinski definition) is 0. The Morgan fingerprint density at radius 2 is 1.87 bits per heavy atom. The van der Waals surface area contributed by atoms with Crippen LogP contribution in [-0.2, 0) is 4.74 Å². The molecular formula is C24H25NO4S. The van der Waals surface area contributed by atoms with E-state index in [9.17, 15) is 4.79 Å². The van der Waals surface area contributed by atoms with Gasteiger partial charge in [-0.05, 0) is 51.7 Å². The standard InChI is InChI=1S/C24H25NO4S/c1-4-27-24(26)22-15-19-17-8-5-6-9-20(17)29-21-14-16(28-13-7-12-25(2)3)10-11-18(21)23(19)30-22/h5-6,8-11,14-15H,4,7,12-13H2,1-3H3. The molecule has 1 aromatic heterocycles. The third kappa shape index (κ3) is 4.20. The van der Waals surface area contributed by atoms with Gasteiger partial charge < -0.3 is 19.1 Å². The van der Waals surface area contributed by atoms with Crippen molar-refractivity contribution in [1.82, 2.24) is 4.90 Å². The van der Waals surface area contributed by atoms with Gasteiger partial charge in [0.1, 0.15) is 22.1 Å². The molecule has 0 aliphatic carbocycles. The highest BCUT2D eigenvalue weighted by Gasteiger charge is 2.25. The molecular weight excluding hydrogens is 398 g/mol. The van der Waals surface area contributed by atoms with Gasteiger partial charge in [-0.1, -0.05) is 18.2 Å². The lowest BCUT2D eigenvalue weighted by Gasteiger charge is -2.13. The first kappa shape index (κ1) is 20.4. The molecule has 0 N–H and O–H groups in total. The molecule has 0 fully saturated rings. The summed E-state index contributed by atoms with van der Waals surface area (Å²) in [7, 11) is 4.10. The average molecular weight is 424 g/mol. The van der Waals surface area contributed by atoms with Crippen LogP contribution in [0.4, 0.5) is 0 Å². The van der Waals surface area contributed by atoms with Crippen molar-refractivity contribution in [2.45, 2.75) is 13.3 Å². The van der Waals surface area contributed by atoms with Gasteiger partial charge in [-0.3, -0.25) is 0 Å². The lowest BCUT2D eigenvalue weighted by Crippen LogP contribution is -2.15. The number of rotatable bonds is 7. The van der Waals surface area contributed by atoms with E-state index in [4.69, 9.17) is 14.2 Å². The van der Waals surface area contributed by atoms with Gasteiger partial charge in [-0.25, -0.2) is 4.79 Å². The Bertz CT molecular complexity index is 1060. The number of fused-ring (bicyclic) bond motifs is 5. The highest BCUT2D eigenvalue weighted by atomic mass is 32.1. The second kappa shape index (κ2) is 8.90. The molecule has 156 valence electrons. The maximum atomic E-state index is 12.4. The second-order valence-electron chi connectivity index (χ2n) is 7.34. The Kier molecular flexibility index (Phi) is 6.06. The van der Waals surface area contributed by atoms with Gasteiger partial charge in [0.25, 0.3) is 0 Å². The van der Waals surface area contributed by atoms with Crippen molar-refractivity contribution in [1.29, 1.82) is 0 Å². The topological polar surface area (TPSA) is 48.0 Å². The summed E-state index contributed by atoms with van der Waals surface area (Å²) in [4.78, 5) is 16.1. The van der Waals surface area contributed by atoms with E-state index in [-0.39, 0.29) is 5.97 Å². The highest BCUT2D eigenvalue weighted by Crippen LogP contribution is 2.50. The summed E-state index contributed by atoms with van der Waals surface area (Å²) in [5.74, 6) is 1.96. The van der Waals surface area contributed by atoms with Crippen LogP contribution in [-0.4, -0.2) is 44.7 Å². The fourth-order valence-electron chi connectivity index (χ4n) is 3.43. The summed E-state index contributed by atoms with van der Waals surface area (Å²) >= 11 is 1.43. The Morgan fingerprint density at radius 1 is 1.03 bits per heavy atom. The molecule has 1 aliphatic heterocycles. The number of nitrogens with zero attached hydrogens (tertiary/aromatic N) is 1. The number of esters is 1. The Morgan fingerprint density at radius 3 is 2.67 bits per heavy atom. The molecule has 5 nitrogen and oxygen atoms in total. The van der Waals surface area contributed by atoms with Crippen molar-refractivity contribution in [2.75, 3.05) is 33.9 Å². The third-order valence-electron chi connectivity index (χ3n) is 4.82. The van der Waals surface area contributed by atoms with Crippen LogP contribution < -0.4 is 9.47 Å². The van der Waals surface area contributed by atoms with Crippen molar-refractivity contribution in [3.8, 4) is 38.8 Å². The molecule has 0 spiro atoms. The highest BCUT2D eigenvalue weighted by molar-refractivity contribution is 7.18. The van der Waals surface area contributed by atoms with Crippen LogP contribution >= 0.6 is 11.3 Å². The van der Waals surface area contributed by atoms with Gasteiger partial charge in [0.05, 0.1) is 13.2 Å². The molecule has 0 radical (unpaired) electrons. The normalized spacial score (nSPS) is 11.7. The number of hydrogen-bond acceptors (Lipinski definition) is 6. The number of carbonyl (C=O) groups is 1. The van der Waals surface area contributed by atoms with Crippen molar-refractivity contribution < 1.29 is 19.0 Å². The first-order valence-electron chi connectivity index (χ1n) is 10.1. The van der Waals surface area contributed by atoms with Gasteiger partial charge in [0.15, 0.2) is 0 Å². The molecule has 2 heterocycles. The van der Waals surface area contributed by atoms with E-state index in [1.165, 1.54) is 11.3 Å². The predicted molar refractivity (Wildman–Crippen MR) is 120 cm³/mol. The molecule has 30 heavy (non-hydrogen) atoms. The number of ether oxygens (including phenoxy) is 3. The first-order chi connectivity index (χ1) is 14.6. The second-order valence-corrected chi connectivity index (χ2v) is 8.39. The van der Waals surface area contributed by atoms with Crippen molar-refractivity contribution in [3.63, 3.8) is 0 Å². The van der Waals surface area contributed by atoms with Crippen molar-refractivity contribution >= 4 is 17.3 Å². The minimum atomic E-state index is -0.295. The van der Waals surface area contributed by atoms with Gasteiger partial charge >= 0.3 is 5.97 Å². The molecule has 1 aliphatic rings. The number of thiophene rings is 1. The number of carbonyl (C=O) groups excluding carboxylic acids is 1. The van der Waals surface area contributed by atoms with E-state index < -0.39 is 0 Å². The quantitative estimate of drug-likeness (QED) is 0.282. The summed E-state index contributed by atoms with van der Waals surface area (Å²) in [5.41, 5.74) is 2.89. The molecule has 0 saturated heterocycles. The van der Waals surface area contributed by atoms with Crippen molar-refractivity contribution in [2.24, 2.45) is 0 Å². The summed E-state index contributed by atoms with van der Waals surface area (Å²) in [6, 6.07) is 15.7. The van der Waals surface area contributed by atoms with Gasteiger partial charge in [0, 0.05) is 34.2 Å². The van der Waals surface area contributed by atoms with Gasteiger partial charge in [-0.15, -0.1) is 11.3 Å². The largest absolute Gasteiger partial charge is 0.493 e. The SMILES string of the molecule is CCOC(=O)c1cc2c(s1)-c1ccc(OCCCN(C)C)cc1Oc1ccccc1-2. The van der Waals surface area contributed by atoms with E-state index in [0.717, 1.165) is 51.8 Å². The Balaban J connectivity index is 1.71.